The van der Waals surface area contributed by atoms with E-state index in [2.05, 4.69) is 20.2 Å². The molecule has 2 atom stereocenters. The summed E-state index contributed by atoms with van der Waals surface area (Å²) in [7, 11) is 2.03. The zero-order chi connectivity index (χ0) is 13.5. The smallest absolute Gasteiger partial charge is 0.225 e. The number of carbonyl (C=O) groups is 1. The van der Waals surface area contributed by atoms with Crippen LogP contribution in [0.15, 0.2) is 12.5 Å². The van der Waals surface area contributed by atoms with Gasteiger partial charge in [0.05, 0.1) is 6.33 Å². The zero-order valence-corrected chi connectivity index (χ0v) is 14.1. The number of rotatable bonds is 4. The zero-order valence-electron chi connectivity index (χ0n) is 12.5. The van der Waals surface area contributed by atoms with Gasteiger partial charge >= 0.3 is 0 Å². The summed E-state index contributed by atoms with van der Waals surface area (Å²) in [4.78, 5) is 16.2. The quantitative estimate of drug-likeness (QED) is 0.876. The highest BCUT2D eigenvalue weighted by Crippen LogP contribution is 2.45. The van der Waals surface area contributed by atoms with Gasteiger partial charge in [-0.25, -0.2) is 4.98 Å². The first-order valence-corrected chi connectivity index (χ1v) is 7.05. The molecule has 0 radical (unpaired) electrons. The number of aromatic nitrogens is 2. The van der Waals surface area contributed by atoms with Crippen LogP contribution >= 0.6 is 24.8 Å². The normalized spacial score (nSPS) is 25.6. The van der Waals surface area contributed by atoms with Crippen molar-refractivity contribution < 1.29 is 4.79 Å². The molecule has 21 heavy (non-hydrogen) atoms. The van der Waals surface area contributed by atoms with Crippen LogP contribution in [0.3, 0.4) is 0 Å². The lowest BCUT2D eigenvalue weighted by atomic mass is 9.92. The van der Waals surface area contributed by atoms with E-state index in [4.69, 9.17) is 0 Å². The molecular weight excluding hydrogens is 311 g/mol. The van der Waals surface area contributed by atoms with E-state index >= 15 is 0 Å². The number of nitrogens with zero attached hydrogens (tertiary/aromatic N) is 2. The van der Waals surface area contributed by atoms with Gasteiger partial charge in [-0.3, -0.25) is 4.79 Å². The predicted molar refractivity (Wildman–Crippen MR) is 87.2 cm³/mol. The van der Waals surface area contributed by atoms with Crippen molar-refractivity contribution in [1.82, 2.24) is 20.2 Å². The van der Waals surface area contributed by atoms with Gasteiger partial charge in [-0.2, -0.15) is 0 Å². The lowest BCUT2D eigenvalue weighted by Crippen LogP contribution is -2.36. The van der Waals surface area contributed by atoms with Gasteiger partial charge in [-0.05, 0) is 18.8 Å². The molecule has 0 bridgehead atoms. The van der Waals surface area contributed by atoms with E-state index in [1.165, 1.54) is 5.69 Å². The van der Waals surface area contributed by atoms with Crippen molar-refractivity contribution in [2.45, 2.75) is 25.7 Å². The van der Waals surface area contributed by atoms with Gasteiger partial charge in [0.1, 0.15) is 0 Å². The van der Waals surface area contributed by atoms with Crippen LogP contribution in [0.2, 0.25) is 0 Å². The highest BCUT2D eigenvalue weighted by atomic mass is 35.5. The van der Waals surface area contributed by atoms with E-state index in [1.54, 1.807) is 0 Å². The first-order valence-electron chi connectivity index (χ1n) is 7.05. The molecule has 120 valence electrons. The Morgan fingerprint density at radius 2 is 2.19 bits per heavy atom. The Labute approximate surface area is 138 Å². The number of carbonyl (C=O) groups excluding carboxylic acids is 1. The van der Waals surface area contributed by atoms with Crippen molar-refractivity contribution in [3.05, 3.63) is 18.2 Å². The number of aryl methyl sites for hydroxylation is 1. The number of hydrogen-bond donors (Lipinski definition) is 2. The van der Waals surface area contributed by atoms with Crippen LogP contribution in [-0.4, -0.2) is 35.1 Å². The molecule has 1 aliphatic heterocycles. The summed E-state index contributed by atoms with van der Waals surface area (Å²) < 4.78 is 2.08. The van der Waals surface area contributed by atoms with Crippen LogP contribution in [0.1, 0.15) is 31.4 Å². The van der Waals surface area contributed by atoms with E-state index in [9.17, 15) is 4.79 Å². The molecule has 3 rings (SSSR count). The minimum atomic E-state index is -0.0753. The number of imidazole rings is 1. The molecule has 2 aliphatic rings. The average molecular weight is 335 g/mol. The van der Waals surface area contributed by atoms with Crippen molar-refractivity contribution in [2.75, 3.05) is 19.6 Å². The molecule has 2 unspecified atom stereocenters. The Kier molecular flexibility index (Phi) is 6.08. The second-order valence-corrected chi connectivity index (χ2v) is 6.22. The fourth-order valence-corrected chi connectivity index (χ4v) is 2.87. The molecule has 0 aromatic carbocycles. The fraction of sp³-hybridized carbons (Fsp3) is 0.714. The van der Waals surface area contributed by atoms with Crippen molar-refractivity contribution in [2.24, 2.45) is 18.4 Å². The van der Waals surface area contributed by atoms with Crippen molar-refractivity contribution in [3.8, 4) is 0 Å². The monoisotopic (exact) mass is 334 g/mol. The molecule has 2 fully saturated rings. The third-order valence-corrected chi connectivity index (χ3v) is 4.65. The molecule has 1 aromatic rings. The Morgan fingerprint density at radius 1 is 1.48 bits per heavy atom. The summed E-state index contributed by atoms with van der Waals surface area (Å²) in [5.41, 5.74) is 1.18. The number of hydrogen-bond acceptors (Lipinski definition) is 3. The van der Waals surface area contributed by atoms with Crippen LogP contribution in [0.4, 0.5) is 0 Å². The number of nitrogens with one attached hydrogen (secondary N) is 2. The third-order valence-electron chi connectivity index (χ3n) is 4.65. The highest BCUT2D eigenvalue weighted by molar-refractivity contribution is 5.85. The Balaban J connectivity index is 0.00000110. The van der Waals surface area contributed by atoms with E-state index in [-0.39, 0.29) is 36.1 Å². The maximum absolute atomic E-state index is 12.0. The molecule has 0 spiro atoms. The van der Waals surface area contributed by atoms with Gasteiger partial charge in [0.2, 0.25) is 5.91 Å². The van der Waals surface area contributed by atoms with Crippen LogP contribution in [0.25, 0.3) is 0 Å². The summed E-state index contributed by atoms with van der Waals surface area (Å²) in [6.07, 6.45) is 5.85. The number of amides is 1. The minimum absolute atomic E-state index is 0. The fourth-order valence-electron chi connectivity index (χ4n) is 2.87. The molecule has 2 N–H and O–H groups in total. The SMILES string of the molecule is Cl.Cl.Cn1cncc1C1CNCC1CNC(=O)C1(C)CC1. The Hall–Kier alpha value is -0.780. The van der Waals surface area contributed by atoms with E-state index in [1.807, 2.05) is 26.5 Å². The van der Waals surface area contributed by atoms with Crippen LogP contribution in [0.5, 0.6) is 0 Å². The molecule has 7 heteroatoms. The van der Waals surface area contributed by atoms with Gasteiger partial charge in [0.15, 0.2) is 0 Å². The summed E-state index contributed by atoms with van der Waals surface area (Å²) in [5, 5.41) is 6.55. The Morgan fingerprint density at radius 3 is 2.76 bits per heavy atom. The minimum Gasteiger partial charge on any atom is -0.355 e. The van der Waals surface area contributed by atoms with E-state index in [0.29, 0.717) is 11.8 Å². The van der Waals surface area contributed by atoms with Crippen LogP contribution in [0, 0.1) is 11.3 Å². The standard InChI is InChI=1S/C14H22N4O.2ClH/c1-14(3-4-14)13(19)17-6-10-5-15-7-11(10)12-8-16-9-18(12)2;;/h8-11,15H,3-7H2,1-2H3,(H,17,19);2*1H. The summed E-state index contributed by atoms with van der Waals surface area (Å²) >= 11 is 0. The van der Waals surface area contributed by atoms with Gasteiger partial charge < -0.3 is 15.2 Å². The highest BCUT2D eigenvalue weighted by Gasteiger charge is 2.45. The first-order chi connectivity index (χ1) is 9.10. The van der Waals surface area contributed by atoms with Crippen molar-refractivity contribution >= 4 is 30.7 Å². The van der Waals surface area contributed by atoms with Crippen molar-refractivity contribution in [1.29, 1.82) is 0 Å². The largest absolute Gasteiger partial charge is 0.355 e. The molecule has 2 heterocycles. The number of halogens is 2. The predicted octanol–water partition coefficient (Wildman–Crippen LogP) is 1.48. The molecular formula is C14H24Cl2N4O. The lowest BCUT2D eigenvalue weighted by molar-refractivity contribution is -0.125. The van der Waals surface area contributed by atoms with Crippen molar-refractivity contribution in [3.63, 3.8) is 0 Å². The third kappa shape index (κ3) is 3.71. The summed E-state index contributed by atoms with van der Waals surface area (Å²) in [6, 6.07) is 0. The van der Waals surface area contributed by atoms with E-state index in [0.717, 1.165) is 32.5 Å². The molecule has 1 amide bonds. The second kappa shape index (κ2) is 6.99. The molecule has 1 aliphatic carbocycles. The Bertz CT molecular complexity index is 487. The van der Waals surface area contributed by atoms with Gasteiger partial charge in [-0.15, -0.1) is 24.8 Å². The van der Waals surface area contributed by atoms with Gasteiger partial charge in [0.25, 0.3) is 0 Å². The summed E-state index contributed by atoms with van der Waals surface area (Å²) in [6.45, 7) is 4.75. The molecule has 1 aromatic heterocycles. The maximum Gasteiger partial charge on any atom is 0.225 e. The average Bonchev–Trinajstić information content (AvgIpc) is 2.82. The second-order valence-electron chi connectivity index (χ2n) is 6.22. The molecule has 1 saturated heterocycles. The molecule has 5 nitrogen and oxygen atoms in total. The summed E-state index contributed by atoms with van der Waals surface area (Å²) in [5.74, 6) is 1.13. The lowest BCUT2D eigenvalue weighted by Gasteiger charge is -2.20. The molecule has 1 saturated carbocycles. The van der Waals surface area contributed by atoms with Gasteiger partial charge in [-0.1, -0.05) is 6.92 Å². The maximum atomic E-state index is 12.0. The van der Waals surface area contributed by atoms with Crippen LogP contribution in [-0.2, 0) is 11.8 Å². The first kappa shape index (κ1) is 18.3. The van der Waals surface area contributed by atoms with Gasteiger partial charge in [0, 0.05) is 49.9 Å². The van der Waals surface area contributed by atoms with Crippen LogP contribution < -0.4 is 10.6 Å². The topological polar surface area (TPSA) is 59.0 Å². The van der Waals surface area contributed by atoms with E-state index < -0.39 is 0 Å².